The summed E-state index contributed by atoms with van der Waals surface area (Å²) in [4.78, 5) is 6.21. The Kier molecular flexibility index (Phi) is 3.55. The molecule has 0 amide bonds. The summed E-state index contributed by atoms with van der Waals surface area (Å²) in [5, 5.41) is 19.2. The third kappa shape index (κ3) is 3.34. The number of anilines is 1. The average Bonchev–Trinajstić information content (AvgIpc) is 2.43. The van der Waals surface area contributed by atoms with Gasteiger partial charge in [-0.15, -0.1) is 0 Å². The van der Waals surface area contributed by atoms with Crippen LogP contribution in [0.4, 0.5) is 5.13 Å². The van der Waals surface area contributed by atoms with Crippen molar-refractivity contribution >= 4 is 28.1 Å². The maximum Gasteiger partial charge on any atom is 0.187 e. The van der Waals surface area contributed by atoms with Crippen LogP contribution in [-0.2, 0) is 0 Å². The Bertz CT molecular complexity index is 391. The van der Waals surface area contributed by atoms with Crippen molar-refractivity contribution < 1.29 is 5.11 Å². The summed E-state index contributed by atoms with van der Waals surface area (Å²) >= 11 is 6.97. The SMILES string of the molecule is CN(CC(C)(C)O)c1nc(Cl)c(C#N)s1. The zero-order valence-corrected chi connectivity index (χ0v) is 10.4. The molecule has 0 aliphatic carbocycles. The topological polar surface area (TPSA) is 60.1 Å². The Balaban J connectivity index is 2.84. The number of aliphatic hydroxyl groups is 1. The molecule has 0 aromatic carbocycles. The third-order valence-corrected chi connectivity index (χ3v) is 3.09. The highest BCUT2D eigenvalue weighted by molar-refractivity contribution is 7.16. The minimum Gasteiger partial charge on any atom is -0.389 e. The highest BCUT2D eigenvalue weighted by atomic mass is 35.5. The molecule has 1 N–H and O–H groups in total. The summed E-state index contributed by atoms with van der Waals surface area (Å²) in [6, 6.07) is 1.97. The van der Waals surface area contributed by atoms with Gasteiger partial charge in [0.1, 0.15) is 10.9 Å². The first kappa shape index (κ1) is 12.2. The molecule has 15 heavy (non-hydrogen) atoms. The van der Waals surface area contributed by atoms with E-state index in [1.807, 2.05) is 6.07 Å². The second kappa shape index (κ2) is 4.35. The van der Waals surface area contributed by atoms with Crippen molar-refractivity contribution in [3.05, 3.63) is 10.0 Å². The van der Waals surface area contributed by atoms with E-state index in [9.17, 15) is 5.11 Å². The van der Waals surface area contributed by atoms with Gasteiger partial charge in [0.15, 0.2) is 10.3 Å². The molecule has 1 heterocycles. The number of hydrogen-bond donors (Lipinski definition) is 1. The molecule has 0 radical (unpaired) electrons. The van der Waals surface area contributed by atoms with E-state index in [2.05, 4.69) is 4.98 Å². The average molecular weight is 246 g/mol. The molecular weight excluding hydrogens is 234 g/mol. The quantitative estimate of drug-likeness (QED) is 0.883. The molecule has 0 aliphatic rings. The number of likely N-dealkylation sites (N-methyl/N-ethyl adjacent to an activating group) is 1. The highest BCUT2D eigenvalue weighted by Gasteiger charge is 2.19. The largest absolute Gasteiger partial charge is 0.389 e. The fourth-order valence-corrected chi connectivity index (χ4v) is 2.17. The lowest BCUT2D eigenvalue weighted by molar-refractivity contribution is 0.0886. The van der Waals surface area contributed by atoms with Crippen molar-refractivity contribution in [1.82, 2.24) is 4.98 Å². The van der Waals surface area contributed by atoms with Crippen LogP contribution in [0, 0.1) is 11.3 Å². The Morgan fingerprint density at radius 1 is 1.67 bits per heavy atom. The molecule has 1 aromatic rings. The van der Waals surface area contributed by atoms with Crippen molar-refractivity contribution in [2.24, 2.45) is 0 Å². The van der Waals surface area contributed by atoms with Crippen molar-refractivity contribution in [3.8, 4) is 6.07 Å². The van der Waals surface area contributed by atoms with Crippen LogP contribution < -0.4 is 4.90 Å². The normalized spacial score (nSPS) is 11.2. The minimum absolute atomic E-state index is 0.222. The van der Waals surface area contributed by atoms with Crippen LogP contribution in [0.1, 0.15) is 18.7 Å². The van der Waals surface area contributed by atoms with E-state index in [0.29, 0.717) is 16.6 Å². The van der Waals surface area contributed by atoms with Gasteiger partial charge in [-0.2, -0.15) is 5.26 Å². The zero-order valence-electron chi connectivity index (χ0n) is 8.78. The van der Waals surface area contributed by atoms with Crippen molar-refractivity contribution in [3.63, 3.8) is 0 Å². The van der Waals surface area contributed by atoms with Gasteiger partial charge in [-0.25, -0.2) is 4.98 Å². The molecule has 0 saturated carbocycles. The minimum atomic E-state index is -0.806. The number of hydrogen-bond acceptors (Lipinski definition) is 5. The van der Waals surface area contributed by atoms with Crippen molar-refractivity contribution in [1.29, 1.82) is 5.26 Å². The molecule has 0 spiro atoms. The van der Waals surface area contributed by atoms with Gasteiger partial charge in [-0.1, -0.05) is 22.9 Å². The molecule has 1 rings (SSSR count). The number of thiazole rings is 1. The lowest BCUT2D eigenvalue weighted by Crippen LogP contribution is -2.36. The maximum absolute atomic E-state index is 9.62. The fraction of sp³-hybridized carbons (Fsp3) is 0.556. The molecule has 82 valence electrons. The second-order valence-electron chi connectivity index (χ2n) is 3.90. The Morgan fingerprint density at radius 2 is 2.27 bits per heavy atom. The predicted octanol–water partition coefficient (Wildman–Crippen LogP) is 1.88. The Hall–Kier alpha value is -0.830. The number of nitriles is 1. The number of rotatable bonds is 3. The zero-order chi connectivity index (χ0) is 11.6. The first-order valence-electron chi connectivity index (χ1n) is 4.33. The van der Waals surface area contributed by atoms with Gasteiger partial charge in [-0.05, 0) is 13.8 Å². The van der Waals surface area contributed by atoms with Gasteiger partial charge < -0.3 is 10.0 Å². The van der Waals surface area contributed by atoms with Gasteiger partial charge in [0, 0.05) is 13.6 Å². The van der Waals surface area contributed by atoms with Crippen LogP contribution in [0.15, 0.2) is 0 Å². The summed E-state index contributed by atoms with van der Waals surface area (Å²) in [5.41, 5.74) is -0.806. The summed E-state index contributed by atoms with van der Waals surface area (Å²) in [7, 11) is 1.80. The standard InChI is InChI=1S/C9H12ClN3OS/c1-9(2,14)5-13(3)8-12-7(10)6(4-11)15-8/h14H,5H2,1-3H3. The van der Waals surface area contributed by atoms with Gasteiger partial charge in [0.2, 0.25) is 0 Å². The molecular formula is C9H12ClN3OS. The molecule has 0 aliphatic heterocycles. The molecule has 6 heteroatoms. The summed E-state index contributed by atoms with van der Waals surface area (Å²) in [6.07, 6.45) is 0. The van der Waals surface area contributed by atoms with E-state index in [1.165, 1.54) is 11.3 Å². The van der Waals surface area contributed by atoms with Gasteiger partial charge in [0.05, 0.1) is 5.60 Å². The summed E-state index contributed by atoms with van der Waals surface area (Å²) in [6.45, 7) is 3.86. The first-order chi connectivity index (χ1) is 6.83. The fourth-order valence-electron chi connectivity index (χ4n) is 1.17. The van der Waals surface area contributed by atoms with Gasteiger partial charge in [0.25, 0.3) is 0 Å². The van der Waals surface area contributed by atoms with Crippen LogP contribution in [-0.4, -0.2) is 29.3 Å². The van der Waals surface area contributed by atoms with Crippen LogP contribution in [0.3, 0.4) is 0 Å². The molecule has 0 bridgehead atoms. The Labute approximate surface area is 97.7 Å². The lowest BCUT2D eigenvalue weighted by Gasteiger charge is -2.24. The van der Waals surface area contributed by atoms with E-state index in [4.69, 9.17) is 16.9 Å². The first-order valence-corrected chi connectivity index (χ1v) is 5.53. The summed E-state index contributed by atoms with van der Waals surface area (Å²) in [5.74, 6) is 0. The number of nitrogens with zero attached hydrogens (tertiary/aromatic N) is 3. The van der Waals surface area contributed by atoms with Gasteiger partial charge in [-0.3, -0.25) is 0 Å². The monoisotopic (exact) mass is 245 g/mol. The molecule has 0 unspecified atom stereocenters. The molecule has 0 fully saturated rings. The van der Waals surface area contributed by atoms with E-state index in [0.717, 1.165) is 0 Å². The van der Waals surface area contributed by atoms with Gasteiger partial charge >= 0.3 is 0 Å². The van der Waals surface area contributed by atoms with E-state index < -0.39 is 5.60 Å². The van der Waals surface area contributed by atoms with E-state index in [1.54, 1.807) is 25.8 Å². The third-order valence-electron chi connectivity index (χ3n) is 1.63. The lowest BCUT2D eigenvalue weighted by atomic mass is 10.1. The molecule has 0 saturated heterocycles. The molecule has 1 aromatic heterocycles. The number of aromatic nitrogens is 1. The van der Waals surface area contributed by atoms with Crippen LogP contribution >= 0.6 is 22.9 Å². The van der Waals surface area contributed by atoms with Crippen molar-refractivity contribution in [2.45, 2.75) is 19.4 Å². The smallest absolute Gasteiger partial charge is 0.187 e. The summed E-state index contributed by atoms with van der Waals surface area (Å²) < 4.78 is 0. The second-order valence-corrected chi connectivity index (χ2v) is 5.23. The Morgan fingerprint density at radius 3 is 2.67 bits per heavy atom. The number of halogens is 1. The van der Waals surface area contributed by atoms with Crippen LogP contribution in [0.25, 0.3) is 0 Å². The highest BCUT2D eigenvalue weighted by Crippen LogP contribution is 2.28. The van der Waals surface area contributed by atoms with E-state index in [-0.39, 0.29) is 5.15 Å². The molecule has 4 nitrogen and oxygen atoms in total. The maximum atomic E-state index is 9.62. The van der Waals surface area contributed by atoms with E-state index >= 15 is 0 Å². The predicted molar refractivity (Wildman–Crippen MR) is 61.4 cm³/mol. The van der Waals surface area contributed by atoms with Crippen LogP contribution in [0.2, 0.25) is 5.15 Å². The molecule has 0 atom stereocenters. The van der Waals surface area contributed by atoms with Crippen molar-refractivity contribution in [2.75, 3.05) is 18.5 Å². The van der Waals surface area contributed by atoms with Crippen LogP contribution in [0.5, 0.6) is 0 Å².